The first-order valence-corrected chi connectivity index (χ1v) is 8.56. The number of hydrogen-bond acceptors (Lipinski definition) is 5. The van der Waals surface area contributed by atoms with Gasteiger partial charge in [0.25, 0.3) is 0 Å². The summed E-state index contributed by atoms with van der Waals surface area (Å²) in [5.41, 5.74) is 0. The minimum absolute atomic E-state index is 0.0422. The average Bonchev–Trinajstić information content (AvgIpc) is 3.08. The molecule has 1 aliphatic heterocycles. The van der Waals surface area contributed by atoms with Crippen molar-refractivity contribution in [3.63, 3.8) is 0 Å². The van der Waals surface area contributed by atoms with E-state index < -0.39 is 0 Å². The molecule has 2 aromatic heterocycles. The number of hydrogen-bond donors (Lipinski definition) is 1. The Kier molecular flexibility index (Phi) is 5.35. The predicted octanol–water partition coefficient (Wildman–Crippen LogP) is 2.69. The Bertz CT molecular complexity index is 652. The first-order chi connectivity index (χ1) is 11.6. The molecule has 0 spiro atoms. The Balaban J connectivity index is 1.47. The second-order valence-electron chi connectivity index (χ2n) is 6.17. The van der Waals surface area contributed by atoms with Crippen LogP contribution in [0.3, 0.4) is 0 Å². The fourth-order valence-corrected chi connectivity index (χ4v) is 3.09. The molecule has 128 valence electrons. The van der Waals surface area contributed by atoms with Gasteiger partial charge in [0.1, 0.15) is 5.76 Å². The second-order valence-corrected chi connectivity index (χ2v) is 6.56. The maximum Gasteiger partial charge on any atom is 0.223 e. The zero-order valence-corrected chi connectivity index (χ0v) is 14.4. The number of aromatic nitrogens is 2. The van der Waals surface area contributed by atoms with Crippen LogP contribution >= 0.6 is 11.6 Å². The highest BCUT2D eigenvalue weighted by atomic mass is 35.5. The highest BCUT2D eigenvalue weighted by molar-refractivity contribution is 6.29. The summed E-state index contributed by atoms with van der Waals surface area (Å²) >= 11 is 5.76. The molecule has 0 aliphatic carbocycles. The molecule has 1 fully saturated rings. The lowest BCUT2D eigenvalue weighted by atomic mass is 9.95. The van der Waals surface area contributed by atoms with Crippen molar-refractivity contribution in [2.24, 2.45) is 5.92 Å². The van der Waals surface area contributed by atoms with Gasteiger partial charge in [-0.2, -0.15) is 0 Å². The van der Waals surface area contributed by atoms with Crippen LogP contribution in [0.25, 0.3) is 0 Å². The van der Waals surface area contributed by atoms with Gasteiger partial charge in [-0.25, -0.2) is 0 Å². The van der Waals surface area contributed by atoms with Crippen molar-refractivity contribution in [2.45, 2.75) is 32.2 Å². The normalized spacial score (nSPS) is 16.8. The van der Waals surface area contributed by atoms with Crippen molar-refractivity contribution in [1.29, 1.82) is 0 Å². The number of halogens is 1. The Morgan fingerprint density at radius 3 is 2.79 bits per heavy atom. The van der Waals surface area contributed by atoms with Crippen LogP contribution in [-0.2, 0) is 11.2 Å². The third-order valence-corrected chi connectivity index (χ3v) is 4.49. The highest BCUT2D eigenvalue weighted by Gasteiger charge is 2.26. The van der Waals surface area contributed by atoms with Gasteiger partial charge in [0, 0.05) is 31.5 Å². The fraction of sp³-hybridized carbons (Fsp3) is 0.471. The summed E-state index contributed by atoms with van der Waals surface area (Å²) in [4.78, 5) is 14.6. The van der Waals surface area contributed by atoms with Crippen molar-refractivity contribution in [3.05, 3.63) is 41.4 Å². The van der Waals surface area contributed by atoms with E-state index in [1.54, 1.807) is 12.3 Å². The largest absolute Gasteiger partial charge is 0.469 e. The Morgan fingerprint density at radius 2 is 2.17 bits per heavy atom. The molecule has 3 rings (SSSR count). The maximum absolute atomic E-state index is 12.4. The molecule has 0 aromatic carbocycles. The van der Waals surface area contributed by atoms with E-state index in [1.807, 2.05) is 25.1 Å². The highest BCUT2D eigenvalue weighted by Crippen LogP contribution is 2.22. The molecule has 7 heteroatoms. The van der Waals surface area contributed by atoms with Crippen LogP contribution in [0.5, 0.6) is 0 Å². The topological polar surface area (TPSA) is 71.3 Å². The number of furan rings is 1. The molecule has 2 aromatic rings. The van der Waals surface area contributed by atoms with Gasteiger partial charge in [-0.3, -0.25) is 4.79 Å². The Labute approximate surface area is 146 Å². The minimum atomic E-state index is 0.0422. The Hall–Kier alpha value is -2.08. The fourth-order valence-electron chi connectivity index (χ4n) is 2.99. The summed E-state index contributed by atoms with van der Waals surface area (Å²) in [6, 6.07) is 7.44. The van der Waals surface area contributed by atoms with E-state index in [4.69, 9.17) is 16.0 Å². The van der Waals surface area contributed by atoms with Gasteiger partial charge in [0.2, 0.25) is 5.91 Å². The average molecular weight is 349 g/mol. The zero-order chi connectivity index (χ0) is 16.9. The molecule has 0 bridgehead atoms. The van der Waals surface area contributed by atoms with Crippen LogP contribution in [0.1, 0.15) is 25.5 Å². The van der Waals surface area contributed by atoms with E-state index in [-0.39, 0.29) is 17.9 Å². The van der Waals surface area contributed by atoms with Crippen molar-refractivity contribution < 1.29 is 9.21 Å². The molecule has 1 N–H and O–H groups in total. The van der Waals surface area contributed by atoms with Crippen LogP contribution in [0, 0.1) is 5.92 Å². The van der Waals surface area contributed by atoms with Crippen LogP contribution in [0.2, 0.25) is 5.15 Å². The molecule has 0 unspecified atom stereocenters. The number of rotatable bonds is 5. The monoisotopic (exact) mass is 348 g/mol. The summed E-state index contributed by atoms with van der Waals surface area (Å²) in [6.45, 7) is 3.58. The summed E-state index contributed by atoms with van der Waals surface area (Å²) < 4.78 is 5.32. The molecule has 1 atom stereocenters. The van der Waals surface area contributed by atoms with Gasteiger partial charge in [-0.05, 0) is 44.0 Å². The summed E-state index contributed by atoms with van der Waals surface area (Å²) in [5, 5.41) is 11.4. The van der Waals surface area contributed by atoms with Gasteiger partial charge >= 0.3 is 0 Å². The standard InChI is InChI=1S/C17H21ClN4O2/c1-12(11-14-3-2-10-24-14)19-17(23)13-6-8-22(9-7-13)16-5-4-15(18)20-21-16/h2-5,10,12-13H,6-9,11H2,1H3,(H,19,23)/t12-/m0/s1. The lowest BCUT2D eigenvalue weighted by molar-refractivity contribution is -0.126. The third kappa shape index (κ3) is 4.26. The van der Waals surface area contributed by atoms with Crippen LogP contribution in [-0.4, -0.2) is 35.2 Å². The SMILES string of the molecule is C[C@@H](Cc1ccco1)NC(=O)C1CCN(c2ccc(Cl)nn2)CC1. The first-order valence-electron chi connectivity index (χ1n) is 8.19. The molecule has 6 nitrogen and oxygen atoms in total. The van der Waals surface area contributed by atoms with E-state index in [0.29, 0.717) is 11.6 Å². The number of nitrogens with one attached hydrogen (secondary N) is 1. The van der Waals surface area contributed by atoms with E-state index >= 15 is 0 Å². The Morgan fingerprint density at radius 1 is 1.38 bits per heavy atom. The van der Waals surface area contributed by atoms with Crippen molar-refractivity contribution in [1.82, 2.24) is 15.5 Å². The molecule has 1 aliphatic rings. The lowest BCUT2D eigenvalue weighted by Gasteiger charge is -2.32. The van der Waals surface area contributed by atoms with E-state index in [2.05, 4.69) is 20.4 Å². The van der Waals surface area contributed by atoms with E-state index in [9.17, 15) is 4.79 Å². The molecule has 1 amide bonds. The van der Waals surface area contributed by atoms with E-state index in [1.165, 1.54) is 0 Å². The smallest absolute Gasteiger partial charge is 0.223 e. The van der Waals surface area contributed by atoms with Crippen LogP contribution < -0.4 is 10.2 Å². The number of carbonyl (C=O) groups excluding carboxylic acids is 1. The number of nitrogens with zero attached hydrogens (tertiary/aromatic N) is 3. The minimum Gasteiger partial charge on any atom is -0.469 e. The predicted molar refractivity (Wildman–Crippen MR) is 92.0 cm³/mol. The van der Waals surface area contributed by atoms with Crippen molar-refractivity contribution in [2.75, 3.05) is 18.0 Å². The molecular weight excluding hydrogens is 328 g/mol. The number of carbonyl (C=O) groups is 1. The zero-order valence-electron chi connectivity index (χ0n) is 13.6. The molecular formula is C17H21ClN4O2. The van der Waals surface area contributed by atoms with Crippen molar-refractivity contribution >= 4 is 23.3 Å². The third-order valence-electron chi connectivity index (χ3n) is 4.28. The van der Waals surface area contributed by atoms with Crippen LogP contribution in [0.4, 0.5) is 5.82 Å². The summed E-state index contributed by atoms with van der Waals surface area (Å²) in [7, 11) is 0. The number of anilines is 1. The quantitative estimate of drug-likeness (QED) is 0.899. The van der Waals surface area contributed by atoms with Gasteiger partial charge < -0.3 is 14.6 Å². The summed E-state index contributed by atoms with van der Waals surface area (Å²) in [6.07, 6.45) is 3.98. The molecule has 24 heavy (non-hydrogen) atoms. The lowest BCUT2D eigenvalue weighted by Crippen LogP contribution is -2.43. The first kappa shape index (κ1) is 16.8. The van der Waals surface area contributed by atoms with E-state index in [0.717, 1.165) is 37.5 Å². The van der Waals surface area contributed by atoms with Gasteiger partial charge in [-0.1, -0.05) is 11.6 Å². The number of piperidine rings is 1. The summed E-state index contributed by atoms with van der Waals surface area (Å²) in [5.74, 6) is 1.86. The van der Waals surface area contributed by atoms with Crippen LogP contribution in [0.15, 0.2) is 34.9 Å². The van der Waals surface area contributed by atoms with Crippen molar-refractivity contribution in [3.8, 4) is 0 Å². The molecule has 1 saturated heterocycles. The maximum atomic E-state index is 12.4. The molecule has 3 heterocycles. The molecule has 0 saturated carbocycles. The van der Waals surface area contributed by atoms with Gasteiger partial charge in [-0.15, -0.1) is 10.2 Å². The van der Waals surface area contributed by atoms with Gasteiger partial charge in [0.15, 0.2) is 11.0 Å². The number of amides is 1. The molecule has 0 radical (unpaired) electrons. The second kappa shape index (κ2) is 7.66. The van der Waals surface area contributed by atoms with Gasteiger partial charge in [0.05, 0.1) is 6.26 Å².